The Morgan fingerprint density at radius 2 is 1.88 bits per heavy atom. The van der Waals surface area contributed by atoms with Crippen molar-refractivity contribution in [1.82, 2.24) is 0 Å². The van der Waals surface area contributed by atoms with Crippen molar-refractivity contribution in [3.8, 4) is 0 Å². The lowest BCUT2D eigenvalue weighted by atomic mass is 9.56. The van der Waals surface area contributed by atoms with Gasteiger partial charge in [0.05, 0.1) is 0 Å². The summed E-state index contributed by atoms with van der Waals surface area (Å²) in [5.74, 6) is 1.58. The van der Waals surface area contributed by atoms with Gasteiger partial charge in [0.25, 0.3) is 0 Å². The van der Waals surface area contributed by atoms with Crippen molar-refractivity contribution in [2.24, 2.45) is 17.6 Å². The second kappa shape index (κ2) is 4.29. The molecule has 92 valence electrons. The van der Waals surface area contributed by atoms with E-state index in [4.69, 9.17) is 17.3 Å². The maximum Gasteiger partial charge on any atom is 0.0406 e. The van der Waals surface area contributed by atoms with Gasteiger partial charge in [-0.25, -0.2) is 0 Å². The molecule has 2 aliphatic carbocycles. The molecule has 0 amide bonds. The Balaban J connectivity index is 1.92. The molecule has 2 fully saturated rings. The molecule has 0 radical (unpaired) electrons. The first-order valence-corrected chi connectivity index (χ1v) is 7.10. The van der Waals surface area contributed by atoms with E-state index in [0.717, 1.165) is 17.5 Å². The highest BCUT2D eigenvalue weighted by molar-refractivity contribution is 6.30. The fourth-order valence-corrected chi connectivity index (χ4v) is 3.71. The van der Waals surface area contributed by atoms with Crippen molar-refractivity contribution in [1.29, 1.82) is 0 Å². The van der Waals surface area contributed by atoms with E-state index in [1.165, 1.54) is 37.7 Å². The molecule has 1 nitrogen and oxygen atoms in total. The van der Waals surface area contributed by atoms with Gasteiger partial charge < -0.3 is 5.73 Å². The van der Waals surface area contributed by atoms with Gasteiger partial charge in [-0.3, -0.25) is 0 Å². The molecule has 3 rings (SSSR count). The number of hydrogen-bond donors (Lipinski definition) is 1. The van der Waals surface area contributed by atoms with E-state index in [9.17, 15) is 0 Å². The van der Waals surface area contributed by atoms with Gasteiger partial charge in [0, 0.05) is 5.02 Å². The predicted molar refractivity (Wildman–Crippen MR) is 72.2 cm³/mol. The molecular formula is C15H20ClN. The van der Waals surface area contributed by atoms with Crippen LogP contribution in [0.25, 0.3) is 0 Å². The van der Waals surface area contributed by atoms with Gasteiger partial charge in [0.15, 0.2) is 0 Å². The molecule has 2 aliphatic rings. The largest absolute Gasteiger partial charge is 0.330 e. The van der Waals surface area contributed by atoms with Crippen molar-refractivity contribution in [3.05, 3.63) is 34.9 Å². The molecule has 17 heavy (non-hydrogen) atoms. The molecule has 0 heterocycles. The molecule has 0 saturated heterocycles. The number of hydrogen-bond acceptors (Lipinski definition) is 1. The van der Waals surface area contributed by atoms with E-state index in [1.54, 1.807) is 0 Å². The molecule has 1 aromatic carbocycles. The summed E-state index contributed by atoms with van der Waals surface area (Å²) in [6.07, 6.45) is 6.75. The molecular weight excluding hydrogens is 230 g/mol. The van der Waals surface area contributed by atoms with Gasteiger partial charge in [-0.15, -0.1) is 0 Å². The number of rotatable bonds is 4. The predicted octanol–water partition coefficient (Wildman–Crippen LogP) is 3.75. The van der Waals surface area contributed by atoms with Crippen LogP contribution in [0.3, 0.4) is 0 Å². The van der Waals surface area contributed by atoms with Crippen LogP contribution in [0.1, 0.15) is 37.7 Å². The average molecular weight is 250 g/mol. The van der Waals surface area contributed by atoms with Crippen LogP contribution in [0.2, 0.25) is 5.02 Å². The third kappa shape index (κ3) is 1.90. The van der Waals surface area contributed by atoms with E-state index in [2.05, 4.69) is 12.1 Å². The topological polar surface area (TPSA) is 26.0 Å². The lowest BCUT2D eigenvalue weighted by Gasteiger charge is -2.48. The van der Waals surface area contributed by atoms with Crippen LogP contribution >= 0.6 is 11.6 Å². The summed E-state index contributed by atoms with van der Waals surface area (Å²) in [6, 6.07) is 8.48. The molecule has 1 aromatic rings. The summed E-state index contributed by atoms with van der Waals surface area (Å²) in [7, 11) is 0. The Morgan fingerprint density at radius 3 is 2.29 bits per heavy atom. The second-order valence-corrected chi connectivity index (χ2v) is 6.13. The molecule has 1 atom stereocenters. The van der Waals surface area contributed by atoms with Crippen LogP contribution < -0.4 is 5.73 Å². The summed E-state index contributed by atoms with van der Waals surface area (Å²) in [5.41, 5.74) is 7.89. The summed E-state index contributed by atoms with van der Waals surface area (Å²) in [4.78, 5) is 0. The SMILES string of the molecule is NCC(C1CC1)C1(c2ccc(Cl)cc2)CCC1. The van der Waals surface area contributed by atoms with E-state index in [1.807, 2.05) is 12.1 Å². The highest BCUT2D eigenvalue weighted by Gasteiger charge is 2.50. The van der Waals surface area contributed by atoms with Gasteiger partial charge in [-0.1, -0.05) is 30.2 Å². The minimum absolute atomic E-state index is 0.376. The van der Waals surface area contributed by atoms with E-state index >= 15 is 0 Å². The number of nitrogens with two attached hydrogens (primary N) is 1. The summed E-state index contributed by atoms with van der Waals surface area (Å²) in [6.45, 7) is 0.841. The summed E-state index contributed by atoms with van der Waals surface area (Å²) in [5, 5.41) is 0.832. The summed E-state index contributed by atoms with van der Waals surface area (Å²) < 4.78 is 0. The fraction of sp³-hybridized carbons (Fsp3) is 0.600. The van der Waals surface area contributed by atoms with Crippen LogP contribution in [0.4, 0.5) is 0 Å². The van der Waals surface area contributed by atoms with Crippen molar-refractivity contribution >= 4 is 11.6 Å². The molecule has 0 bridgehead atoms. The first-order valence-electron chi connectivity index (χ1n) is 6.72. The maximum atomic E-state index is 6.05. The lowest BCUT2D eigenvalue weighted by molar-refractivity contribution is 0.132. The molecule has 1 unspecified atom stereocenters. The zero-order valence-electron chi connectivity index (χ0n) is 10.2. The van der Waals surface area contributed by atoms with Crippen molar-refractivity contribution < 1.29 is 0 Å². The lowest BCUT2D eigenvalue weighted by Crippen LogP contribution is -2.46. The van der Waals surface area contributed by atoms with Crippen LogP contribution in [0, 0.1) is 11.8 Å². The average Bonchev–Trinajstić information content (AvgIpc) is 3.09. The Labute approximate surface area is 108 Å². The Hall–Kier alpha value is -0.530. The van der Waals surface area contributed by atoms with E-state index in [0.29, 0.717) is 11.3 Å². The van der Waals surface area contributed by atoms with Crippen LogP contribution in [-0.4, -0.2) is 6.54 Å². The van der Waals surface area contributed by atoms with Gasteiger partial charge in [-0.2, -0.15) is 0 Å². The van der Waals surface area contributed by atoms with Gasteiger partial charge in [0.2, 0.25) is 0 Å². The first-order chi connectivity index (χ1) is 8.26. The van der Waals surface area contributed by atoms with Crippen LogP contribution in [0.5, 0.6) is 0 Å². The van der Waals surface area contributed by atoms with Crippen molar-refractivity contribution in [3.63, 3.8) is 0 Å². The fourth-order valence-electron chi connectivity index (χ4n) is 3.58. The first kappa shape index (κ1) is 11.6. The standard InChI is InChI=1S/C15H20ClN/c16-13-6-4-12(5-7-13)15(8-1-9-15)14(10-17)11-2-3-11/h4-7,11,14H,1-3,8-10,17H2. The third-order valence-electron chi connectivity index (χ3n) is 4.82. The number of benzene rings is 1. The Bertz CT molecular complexity index is 390. The highest BCUT2D eigenvalue weighted by atomic mass is 35.5. The quantitative estimate of drug-likeness (QED) is 0.864. The molecule has 2 saturated carbocycles. The monoisotopic (exact) mass is 249 g/mol. The number of halogens is 1. The van der Waals surface area contributed by atoms with E-state index < -0.39 is 0 Å². The van der Waals surface area contributed by atoms with E-state index in [-0.39, 0.29) is 0 Å². The highest BCUT2D eigenvalue weighted by Crippen LogP contribution is 2.56. The van der Waals surface area contributed by atoms with Gasteiger partial charge in [-0.05, 0) is 67.2 Å². The van der Waals surface area contributed by atoms with Gasteiger partial charge in [0.1, 0.15) is 0 Å². The van der Waals surface area contributed by atoms with Gasteiger partial charge >= 0.3 is 0 Å². The molecule has 0 aromatic heterocycles. The minimum Gasteiger partial charge on any atom is -0.330 e. The Morgan fingerprint density at radius 1 is 1.24 bits per heavy atom. The summed E-state index contributed by atoms with van der Waals surface area (Å²) >= 11 is 5.99. The van der Waals surface area contributed by atoms with Crippen molar-refractivity contribution in [2.45, 2.75) is 37.5 Å². The van der Waals surface area contributed by atoms with Crippen LogP contribution in [-0.2, 0) is 5.41 Å². The zero-order valence-corrected chi connectivity index (χ0v) is 10.9. The normalized spacial score (nSPS) is 24.1. The molecule has 0 aliphatic heterocycles. The van der Waals surface area contributed by atoms with Crippen molar-refractivity contribution in [2.75, 3.05) is 6.54 Å². The van der Waals surface area contributed by atoms with Crippen LogP contribution in [0.15, 0.2) is 24.3 Å². The molecule has 2 heteroatoms. The maximum absolute atomic E-state index is 6.05. The molecule has 0 spiro atoms. The molecule has 2 N–H and O–H groups in total. The Kier molecular flexibility index (Phi) is 2.92. The second-order valence-electron chi connectivity index (χ2n) is 5.70. The smallest absolute Gasteiger partial charge is 0.0406 e. The zero-order chi connectivity index (χ0) is 11.9. The third-order valence-corrected chi connectivity index (χ3v) is 5.07. The minimum atomic E-state index is 0.376.